The largest absolute Gasteiger partial charge is 0.417 e. The van der Waals surface area contributed by atoms with Gasteiger partial charge in [0.1, 0.15) is 0 Å². The van der Waals surface area contributed by atoms with E-state index in [0.717, 1.165) is 21.6 Å². The summed E-state index contributed by atoms with van der Waals surface area (Å²) in [6.45, 7) is 3.35. The summed E-state index contributed by atoms with van der Waals surface area (Å²) in [7, 11) is 0. The minimum atomic E-state index is -4.53. The second kappa shape index (κ2) is 7.35. The smallest absolute Gasteiger partial charge is 0.345 e. The number of benzene rings is 1. The topological polar surface area (TPSA) is 96.7 Å². The van der Waals surface area contributed by atoms with Crippen molar-refractivity contribution in [1.82, 2.24) is 24.8 Å². The first kappa shape index (κ1) is 20.3. The minimum absolute atomic E-state index is 0.0494. The molecule has 0 atom stereocenters. The number of amides is 3. The van der Waals surface area contributed by atoms with Gasteiger partial charge in [-0.2, -0.15) is 13.2 Å². The minimum Gasteiger partial charge on any atom is -0.345 e. The van der Waals surface area contributed by atoms with Gasteiger partial charge in [0.05, 0.1) is 23.2 Å². The molecule has 11 heteroatoms. The Morgan fingerprint density at radius 3 is 2.55 bits per heavy atom. The van der Waals surface area contributed by atoms with Crippen LogP contribution in [0.2, 0.25) is 0 Å². The highest BCUT2D eigenvalue weighted by molar-refractivity contribution is 6.22. The van der Waals surface area contributed by atoms with Gasteiger partial charge in [-0.15, -0.1) is 16.8 Å². The highest BCUT2D eigenvalue weighted by Crippen LogP contribution is 2.29. The van der Waals surface area contributed by atoms with Gasteiger partial charge in [0.15, 0.2) is 11.5 Å². The molecule has 3 heterocycles. The fourth-order valence-electron chi connectivity index (χ4n) is 3.21. The van der Waals surface area contributed by atoms with Crippen molar-refractivity contribution in [3.8, 4) is 0 Å². The van der Waals surface area contributed by atoms with Gasteiger partial charge in [0, 0.05) is 18.3 Å². The van der Waals surface area contributed by atoms with Crippen molar-refractivity contribution in [2.24, 2.45) is 0 Å². The second-order valence-electron chi connectivity index (χ2n) is 6.71. The first-order chi connectivity index (χ1) is 14.7. The summed E-state index contributed by atoms with van der Waals surface area (Å²) in [4.78, 5) is 38.2. The fraction of sp³-hybridized carbons (Fsp3) is 0.150. The quantitative estimate of drug-likeness (QED) is 0.497. The number of fused-ring (bicyclic) bond motifs is 2. The zero-order valence-corrected chi connectivity index (χ0v) is 15.8. The summed E-state index contributed by atoms with van der Waals surface area (Å²) in [5.74, 6) is -1.49. The Balaban J connectivity index is 1.54. The van der Waals surface area contributed by atoms with Crippen LogP contribution in [0.1, 0.15) is 42.5 Å². The third kappa shape index (κ3) is 3.54. The molecule has 3 amide bonds. The monoisotopic (exact) mass is 429 g/mol. The number of nitrogens with zero attached hydrogens (tertiary/aromatic N) is 4. The summed E-state index contributed by atoms with van der Waals surface area (Å²) in [6.07, 6.45) is -2.26. The van der Waals surface area contributed by atoms with E-state index in [0.29, 0.717) is 0 Å². The molecule has 1 aromatic carbocycles. The maximum atomic E-state index is 12.9. The van der Waals surface area contributed by atoms with E-state index in [2.05, 4.69) is 22.1 Å². The van der Waals surface area contributed by atoms with E-state index in [1.54, 1.807) is 0 Å². The molecule has 1 aliphatic heterocycles. The van der Waals surface area contributed by atoms with E-state index in [4.69, 9.17) is 0 Å². The summed E-state index contributed by atoms with van der Waals surface area (Å²) < 4.78 is 40.0. The number of alkyl halides is 3. The predicted octanol–water partition coefficient (Wildman–Crippen LogP) is 2.46. The molecule has 158 valence electrons. The first-order valence-corrected chi connectivity index (χ1v) is 9.01. The van der Waals surface area contributed by atoms with Gasteiger partial charge in [-0.1, -0.05) is 6.08 Å². The number of hydrogen-bond acceptors (Lipinski definition) is 5. The average molecular weight is 429 g/mol. The molecule has 0 unspecified atom stereocenters. The van der Waals surface area contributed by atoms with E-state index in [1.165, 1.54) is 30.3 Å². The van der Waals surface area contributed by atoms with Crippen LogP contribution in [-0.4, -0.2) is 43.8 Å². The lowest BCUT2D eigenvalue weighted by Crippen LogP contribution is -2.29. The van der Waals surface area contributed by atoms with Gasteiger partial charge >= 0.3 is 6.18 Å². The van der Waals surface area contributed by atoms with Crippen molar-refractivity contribution in [3.05, 3.63) is 77.3 Å². The molecule has 0 aliphatic carbocycles. The Morgan fingerprint density at radius 2 is 1.84 bits per heavy atom. The summed E-state index contributed by atoms with van der Waals surface area (Å²) in [5.41, 5.74) is -0.279. The van der Waals surface area contributed by atoms with Crippen molar-refractivity contribution in [3.63, 3.8) is 0 Å². The summed E-state index contributed by atoms with van der Waals surface area (Å²) >= 11 is 0. The number of hydrogen-bond donors (Lipinski definition) is 1. The van der Waals surface area contributed by atoms with Gasteiger partial charge in [0.25, 0.3) is 17.7 Å². The van der Waals surface area contributed by atoms with Crippen LogP contribution in [0.4, 0.5) is 13.2 Å². The number of imide groups is 1. The standard InChI is InChI=1S/C20H14F3N5O3/c1-2-7-27-18(30)13-5-3-11(8-14(13)19(27)31)17(29)24-9-16-26-25-15-6-4-12(10-28(15)16)20(21,22)23/h2-6,8,10H,1,7,9H2,(H,24,29). The van der Waals surface area contributed by atoms with Gasteiger partial charge < -0.3 is 5.32 Å². The average Bonchev–Trinajstić information content (AvgIpc) is 3.25. The number of nitrogens with one attached hydrogen (secondary N) is 1. The molecule has 4 rings (SSSR count). The van der Waals surface area contributed by atoms with Crippen molar-refractivity contribution in [2.45, 2.75) is 12.7 Å². The normalized spacial score (nSPS) is 13.6. The zero-order chi connectivity index (χ0) is 22.3. The van der Waals surface area contributed by atoms with E-state index < -0.39 is 29.5 Å². The fourth-order valence-corrected chi connectivity index (χ4v) is 3.21. The Kier molecular flexibility index (Phi) is 4.80. The van der Waals surface area contributed by atoms with E-state index >= 15 is 0 Å². The third-order valence-corrected chi connectivity index (χ3v) is 4.75. The Morgan fingerprint density at radius 1 is 1.10 bits per heavy atom. The van der Waals surface area contributed by atoms with Gasteiger partial charge in [-0.25, -0.2) is 0 Å². The van der Waals surface area contributed by atoms with Crippen LogP contribution >= 0.6 is 0 Å². The van der Waals surface area contributed by atoms with Crippen molar-refractivity contribution >= 4 is 23.4 Å². The van der Waals surface area contributed by atoms with Crippen LogP contribution in [0.3, 0.4) is 0 Å². The van der Waals surface area contributed by atoms with Crippen molar-refractivity contribution < 1.29 is 27.6 Å². The number of carbonyl (C=O) groups is 3. The number of pyridine rings is 1. The number of aromatic nitrogens is 3. The molecule has 0 fully saturated rings. The number of rotatable bonds is 5. The van der Waals surface area contributed by atoms with E-state index in [1.807, 2.05) is 0 Å². The number of halogens is 3. The molecular weight excluding hydrogens is 415 g/mol. The maximum absolute atomic E-state index is 12.9. The van der Waals surface area contributed by atoms with Crippen LogP contribution in [0.25, 0.3) is 5.65 Å². The Labute approximate surface area is 173 Å². The van der Waals surface area contributed by atoms with Gasteiger partial charge in [-0.3, -0.25) is 23.7 Å². The van der Waals surface area contributed by atoms with Crippen LogP contribution in [0.15, 0.2) is 49.2 Å². The molecule has 1 N–H and O–H groups in total. The Hall–Kier alpha value is -4.02. The van der Waals surface area contributed by atoms with Crippen LogP contribution in [0, 0.1) is 0 Å². The van der Waals surface area contributed by atoms with E-state index in [9.17, 15) is 27.6 Å². The Bertz CT molecular complexity index is 1250. The molecule has 0 radical (unpaired) electrons. The van der Waals surface area contributed by atoms with Crippen molar-refractivity contribution in [1.29, 1.82) is 0 Å². The molecule has 31 heavy (non-hydrogen) atoms. The van der Waals surface area contributed by atoms with Gasteiger partial charge in [-0.05, 0) is 30.3 Å². The molecule has 8 nitrogen and oxygen atoms in total. The number of carbonyl (C=O) groups excluding carboxylic acids is 3. The van der Waals surface area contributed by atoms with Crippen molar-refractivity contribution in [2.75, 3.05) is 6.54 Å². The molecule has 0 saturated heterocycles. The molecule has 3 aromatic rings. The molecule has 1 aliphatic rings. The van der Waals surface area contributed by atoms with Gasteiger partial charge in [0.2, 0.25) is 0 Å². The molecular formula is C20H14F3N5O3. The van der Waals surface area contributed by atoms with E-state index in [-0.39, 0.29) is 41.3 Å². The highest BCUT2D eigenvalue weighted by Gasteiger charge is 2.35. The maximum Gasteiger partial charge on any atom is 0.417 e. The summed E-state index contributed by atoms with van der Waals surface area (Å²) in [5, 5.41) is 10.1. The molecule has 0 saturated carbocycles. The molecule has 0 spiro atoms. The molecule has 2 aromatic heterocycles. The van der Waals surface area contributed by atoms with Crippen LogP contribution < -0.4 is 5.32 Å². The first-order valence-electron chi connectivity index (χ1n) is 9.01. The lowest BCUT2D eigenvalue weighted by Gasteiger charge is -2.09. The lowest BCUT2D eigenvalue weighted by atomic mass is 10.1. The lowest BCUT2D eigenvalue weighted by molar-refractivity contribution is -0.137. The predicted molar refractivity (Wildman–Crippen MR) is 101 cm³/mol. The van der Waals surface area contributed by atoms with Crippen LogP contribution in [-0.2, 0) is 12.7 Å². The SMILES string of the molecule is C=CCN1C(=O)c2ccc(C(=O)NCc3nnc4ccc(C(F)(F)F)cn34)cc2C1=O. The third-order valence-electron chi connectivity index (χ3n) is 4.75. The zero-order valence-electron chi connectivity index (χ0n) is 15.8. The summed E-state index contributed by atoms with van der Waals surface area (Å²) in [6, 6.07) is 6.15. The highest BCUT2D eigenvalue weighted by atomic mass is 19.4. The second-order valence-corrected chi connectivity index (χ2v) is 6.71. The molecule has 0 bridgehead atoms. The van der Waals surface area contributed by atoms with Crippen LogP contribution in [0.5, 0.6) is 0 Å².